The molecule has 0 spiro atoms. The molecule has 6 nitrogen and oxygen atoms in total. The van der Waals surface area contributed by atoms with Crippen molar-refractivity contribution in [3.05, 3.63) is 147 Å². The van der Waals surface area contributed by atoms with Gasteiger partial charge >= 0.3 is 5.97 Å². The Morgan fingerprint density at radius 3 is 1.96 bits per heavy atom. The Morgan fingerprint density at radius 1 is 0.787 bits per heavy atom. The van der Waals surface area contributed by atoms with Crippen LogP contribution in [0.1, 0.15) is 22.3 Å². The zero-order chi connectivity index (χ0) is 34.5. The molecule has 47 heavy (non-hydrogen) atoms. The van der Waals surface area contributed by atoms with Crippen molar-refractivity contribution in [2.75, 3.05) is 10.6 Å². The summed E-state index contributed by atoms with van der Waals surface area (Å²) >= 11 is 0. The Morgan fingerprint density at radius 2 is 1.38 bits per heavy atom. The average molecular weight is 650 g/mol. The van der Waals surface area contributed by atoms with E-state index in [0.29, 0.717) is 34.0 Å². The van der Waals surface area contributed by atoms with Crippen LogP contribution in [0.2, 0.25) is 0 Å². The lowest BCUT2D eigenvalue weighted by atomic mass is 9.91. The minimum atomic E-state index is -1.31. The van der Waals surface area contributed by atoms with Crippen LogP contribution in [0.5, 0.6) is 0 Å². The van der Waals surface area contributed by atoms with Gasteiger partial charge in [0.2, 0.25) is 0 Å². The van der Waals surface area contributed by atoms with Crippen LogP contribution in [0.25, 0.3) is 22.2 Å². The Labute approximate surface area is 263 Å². The summed E-state index contributed by atoms with van der Waals surface area (Å²) in [6.45, 7) is 8.43. The predicted molar refractivity (Wildman–Crippen MR) is 168 cm³/mol. The van der Waals surface area contributed by atoms with Gasteiger partial charge in [0.15, 0.2) is 5.43 Å². The van der Waals surface area contributed by atoms with Gasteiger partial charge in [-0.3, -0.25) is 4.79 Å². The molecule has 1 aliphatic heterocycles. The first-order valence-electron chi connectivity index (χ1n) is 13.9. The molecule has 2 heterocycles. The van der Waals surface area contributed by atoms with Crippen LogP contribution in [0.15, 0.2) is 83.9 Å². The van der Waals surface area contributed by atoms with Crippen molar-refractivity contribution in [1.82, 2.24) is 4.57 Å². The Hall–Kier alpha value is -5.78. The third-order valence-corrected chi connectivity index (χ3v) is 7.69. The molecule has 0 saturated carbocycles. The number of hydrogen-bond acceptors (Lipinski definition) is 4. The number of benzene rings is 4. The maximum Gasteiger partial charge on any atom is 0.337 e. The SMILES string of the molecule is C=C1C(C(=O)O)=CN(c2ccc(F)cc2F)c2c1cc(F)c(N)c2C.Cc1cn(-c2ccc(F)cc2F)c2c(C)cc(F)cc2c1=O. The molecule has 0 aliphatic carbocycles. The van der Waals surface area contributed by atoms with Crippen molar-refractivity contribution < 1.29 is 36.2 Å². The van der Waals surface area contributed by atoms with Gasteiger partial charge in [-0.2, -0.15) is 0 Å². The van der Waals surface area contributed by atoms with Gasteiger partial charge in [-0.05, 0) is 79.9 Å². The number of rotatable bonds is 3. The fraction of sp³-hybridized carbons (Fsp3) is 0.0857. The van der Waals surface area contributed by atoms with Crippen molar-refractivity contribution in [3.63, 3.8) is 0 Å². The number of nitrogens with zero attached hydrogens (tertiary/aromatic N) is 2. The first kappa shape index (κ1) is 32.6. The largest absolute Gasteiger partial charge is 0.478 e. The molecule has 6 rings (SSSR count). The summed E-state index contributed by atoms with van der Waals surface area (Å²) in [5.74, 6) is -5.69. The molecule has 1 aromatic heterocycles. The summed E-state index contributed by atoms with van der Waals surface area (Å²) < 4.78 is 83.8. The number of nitrogens with two attached hydrogens (primary N) is 1. The molecule has 3 N–H and O–H groups in total. The number of anilines is 3. The quantitative estimate of drug-likeness (QED) is 0.152. The number of pyridine rings is 1. The minimum absolute atomic E-state index is 0.0725. The van der Waals surface area contributed by atoms with Gasteiger partial charge in [-0.15, -0.1) is 0 Å². The molecular formula is C35H25F6N3O3. The Bertz CT molecular complexity index is 2240. The molecule has 240 valence electrons. The number of aryl methyl sites for hydroxylation is 2. The molecule has 0 atom stereocenters. The van der Waals surface area contributed by atoms with Gasteiger partial charge < -0.3 is 20.3 Å². The maximum absolute atomic E-state index is 14.3. The normalized spacial score (nSPS) is 12.4. The Kier molecular flexibility index (Phi) is 8.46. The zero-order valence-corrected chi connectivity index (χ0v) is 25.1. The number of carbonyl (C=O) groups is 1. The number of halogens is 6. The summed E-state index contributed by atoms with van der Waals surface area (Å²) in [5.41, 5.74) is 7.12. The highest BCUT2D eigenvalue weighted by molar-refractivity contribution is 6.10. The molecule has 0 bridgehead atoms. The van der Waals surface area contributed by atoms with Gasteiger partial charge in [0, 0.05) is 41.0 Å². The number of carboxylic acids is 1. The zero-order valence-electron chi connectivity index (χ0n) is 25.1. The molecule has 0 saturated heterocycles. The summed E-state index contributed by atoms with van der Waals surface area (Å²) in [6, 6.07) is 9.54. The molecular weight excluding hydrogens is 624 g/mol. The fourth-order valence-electron chi connectivity index (χ4n) is 5.41. The van der Waals surface area contributed by atoms with Crippen molar-refractivity contribution in [2.45, 2.75) is 20.8 Å². The van der Waals surface area contributed by atoms with Crippen LogP contribution in [-0.4, -0.2) is 15.6 Å². The number of carboxylic acid groups (broad SMARTS) is 1. The van der Waals surface area contributed by atoms with Gasteiger partial charge in [-0.1, -0.05) is 6.58 Å². The van der Waals surface area contributed by atoms with Crippen LogP contribution >= 0.6 is 0 Å². The second-order valence-electron chi connectivity index (χ2n) is 10.8. The summed E-state index contributed by atoms with van der Waals surface area (Å²) in [6.07, 6.45) is 2.64. The molecule has 0 amide bonds. The van der Waals surface area contributed by atoms with Gasteiger partial charge in [-0.25, -0.2) is 31.1 Å². The highest BCUT2D eigenvalue weighted by Crippen LogP contribution is 2.45. The van der Waals surface area contributed by atoms with E-state index in [1.54, 1.807) is 13.8 Å². The van der Waals surface area contributed by atoms with Crippen LogP contribution in [0.3, 0.4) is 0 Å². The average Bonchev–Trinajstić information content (AvgIpc) is 2.99. The van der Waals surface area contributed by atoms with Gasteiger partial charge in [0.05, 0.1) is 33.8 Å². The number of aliphatic carboxylic acids is 1. The number of hydrogen-bond donors (Lipinski definition) is 2. The molecule has 1 aliphatic rings. The summed E-state index contributed by atoms with van der Waals surface area (Å²) in [7, 11) is 0. The van der Waals surface area contributed by atoms with E-state index in [9.17, 15) is 41.0 Å². The highest BCUT2D eigenvalue weighted by atomic mass is 19.2. The molecule has 12 heteroatoms. The number of nitrogen functional groups attached to an aromatic ring is 1. The van der Waals surface area contributed by atoms with Crippen molar-refractivity contribution >= 4 is 39.5 Å². The van der Waals surface area contributed by atoms with E-state index >= 15 is 0 Å². The van der Waals surface area contributed by atoms with Crippen LogP contribution in [-0.2, 0) is 4.79 Å². The topological polar surface area (TPSA) is 88.6 Å². The van der Waals surface area contributed by atoms with E-state index in [1.165, 1.54) is 34.7 Å². The second kappa shape index (κ2) is 12.2. The van der Waals surface area contributed by atoms with E-state index in [4.69, 9.17) is 5.73 Å². The van der Waals surface area contributed by atoms with Crippen LogP contribution in [0, 0.1) is 55.7 Å². The lowest BCUT2D eigenvalue weighted by Crippen LogP contribution is -2.22. The molecule has 0 unspecified atom stereocenters. The smallest absolute Gasteiger partial charge is 0.337 e. The molecule has 5 aromatic rings. The van der Waals surface area contributed by atoms with E-state index < -0.39 is 40.9 Å². The van der Waals surface area contributed by atoms with Crippen molar-refractivity contribution in [2.24, 2.45) is 0 Å². The second-order valence-corrected chi connectivity index (χ2v) is 10.8. The van der Waals surface area contributed by atoms with Crippen LogP contribution in [0.4, 0.5) is 43.4 Å². The number of aromatic nitrogens is 1. The van der Waals surface area contributed by atoms with Crippen molar-refractivity contribution in [3.8, 4) is 5.69 Å². The third kappa shape index (κ3) is 5.85. The fourth-order valence-corrected chi connectivity index (χ4v) is 5.41. The molecule has 4 aromatic carbocycles. The molecule has 0 radical (unpaired) electrons. The van der Waals surface area contributed by atoms with E-state index in [1.807, 2.05) is 0 Å². The van der Waals surface area contributed by atoms with Crippen LogP contribution < -0.4 is 16.1 Å². The van der Waals surface area contributed by atoms with Crippen molar-refractivity contribution in [1.29, 1.82) is 0 Å². The van der Waals surface area contributed by atoms with E-state index in [-0.39, 0.29) is 44.6 Å². The summed E-state index contributed by atoms with van der Waals surface area (Å²) in [4.78, 5) is 24.9. The maximum atomic E-state index is 14.3. The minimum Gasteiger partial charge on any atom is -0.478 e. The number of fused-ring (bicyclic) bond motifs is 2. The third-order valence-electron chi connectivity index (χ3n) is 7.69. The first-order valence-corrected chi connectivity index (χ1v) is 13.9. The van der Waals surface area contributed by atoms with Gasteiger partial charge in [0.1, 0.15) is 34.9 Å². The lowest BCUT2D eigenvalue weighted by molar-refractivity contribution is -0.132. The standard InChI is InChI=1S/C18H13F3N2O2.C17H12F3NO/c1-8-11-6-14(21)16(22)9(2)17(11)23(7-12(8)18(24)25)15-4-3-10(19)5-13(15)20;1-9-5-12(19)6-13-16(9)21(8-10(2)17(13)22)15-4-3-11(18)7-14(15)20/h3-7H,1,22H2,2H3,(H,24,25);3-8H,1-2H3. The highest BCUT2D eigenvalue weighted by Gasteiger charge is 2.30. The van der Waals surface area contributed by atoms with E-state index in [0.717, 1.165) is 42.6 Å². The first-order chi connectivity index (χ1) is 22.1. The van der Waals surface area contributed by atoms with E-state index in [2.05, 4.69) is 6.58 Å². The molecule has 0 fully saturated rings. The monoisotopic (exact) mass is 649 g/mol. The summed E-state index contributed by atoms with van der Waals surface area (Å²) in [5, 5.41) is 9.55. The predicted octanol–water partition coefficient (Wildman–Crippen LogP) is 8.15. The Balaban J connectivity index is 0.000000186. The van der Waals surface area contributed by atoms with Gasteiger partial charge in [0.25, 0.3) is 0 Å². The lowest BCUT2D eigenvalue weighted by Gasteiger charge is -2.32.